The van der Waals surface area contributed by atoms with Gasteiger partial charge in [-0.2, -0.15) is 10.2 Å². The van der Waals surface area contributed by atoms with E-state index in [4.69, 9.17) is 4.98 Å². The van der Waals surface area contributed by atoms with Gasteiger partial charge in [0.1, 0.15) is 0 Å². The van der Waals surface area contributed by atoms with Crippen LogP contribution >= 0.6 is 0 Å². The molecule has 0 radical (unpaired) electrons. The van der Waals surface area contributed by atoms with Gasteiger partial charge in [0, 0.05) is 48.2 Å². The minimum atomic E-state index is 1.02. The van der Waals surface area contributed by atoms with Crippen molar-refractivity contribution in [1.29, 1.82) is 0 Å². The van der Waals surface area contributed by atoms with E-state index in [1.54, 1.807) is 0 Å². The van der Waals surface area contributed by atoms with Crippen LogP contribution in [-0.4, -0.2) is 63.5 Å². The van der Waals surface area contributed by atoms with Gasteiger partial charge >= 0.3 is 0 Å². The van der Waals surface area contributed by atoms with E-state index >= 15 is 0 Å². The number of piperazine rings is 1. The monoisotopic (exact) mass is 401 g/mol. The van der Waals surface area contributed by atoms with E-state index in [9.17, 15) is 0 Å². The zero-order valence-electron chi connectivity index (χ0n) is 17.6. The van der Waals surface area contributed by atoms with Crippen molar-refractivity contribution in [1.82, 2.24) is 30.3 Å². The number of benzene rings is 1. The number of pyridine rings is 1. The summed E-state index contributed by atoms with van der Waals surface area (Å²) < 4.78 is 0. The first-order chi connectivity index (χ1) is 14.7. The van der Waals surface area contributed by atoms with Crippen LogP contribution in [0.25, 0.3) is 33.1 Å². The molecule has 2 aliphatic rings. The molecule has 0 atom stereocenters. The fourth-order valence-corrected chi connectivity index (χ4v) is 5.21. The Balaban J connectivity index is 1.69. The molecule has 30 heavy (non-hydrogen) atoms. The Morgan fingerprint density at radius 3 is 2.47 bits per heavy atom. The molecule has 4 heterocycles. The van der Waals surface area contributed by atoms with Crippen molar-refractivity contribution >= 4 is 27.5 Å². The molecule has 154 valence electrons. The third-order valence-corrected chi connectivity index (χ3v) is 6.91. The number of aromatic nitrogens is 5. The molecule has 7 nitrogen and oxygen atoms in total. The van der Waals surface area contributed by atoms with Crippen LogP contribution < -0.4 is 4.90 Å². The van der Waals surface area contributed by atoms with Crippen molar-refractivity contribution in [2.45, 2.75) is 32.6 Å². The van der Waals surface area contributed by atoms with Gasteiger partial charge in [0.2, 0.25) is 0 Å². The third kappa shape index (κ3) is 2.65. The number of hydrogen-bond acceptors (Lipinski definition) is 5. The average molecular weight is 402 g/mol. The van der Waals surface area contributed by atoms with Crippen LogP contribution in [-0.2, 0) is 12.8 Å². The molecule has 0 unspecified atom stereocenters. The van der Waals surface area contributed by atoms with Gasteiger partial charge in [-0.1, -0.05) is 0 Å². The maximum Gasteiger partial charge on any atom is 0.0954 e. The molecular formula is C23H27N7. The largest absolute Gasteiger partial charge is 0.367 e. The average Bonchev–Trinajstić information content (AvgIpc) is 3.41. The molecule has 1 saturated heterocycles. The molecular weight excluding hydrogens is 374 g/mol. The van der Waals surface area contributed by atoms with Gasteiger partial charge < -0.3 is 9.80 Å². The Morgan fingerprint density at radius 1 is 0.933 bits per heavy atom. The number of nitrogens with one attached hydrogen (secondary N) is 2. The third-order valence-electron chi connectivity index (χ3n) is 6.91. The van der Waals surface area contributed by atoms with E-state index in [-0.39, 0.29) is 0 Å². The molecule has 0 amide bonds. The lowest BCUT2D eigenvalue weighted by atomic mass is 9.85. The topological polar surface area (TPSA) is 76.7 Å². The van der Waals surface area contributed by atoms with Crippen LogP contribution in [0.4, 0.5) is 5.69 Å². The van der Waals surface area contributed by atoms with E-state index < -0.39 is 0 Å². The minimum absolute atomic E-state index is 1.02. The lowest BCUT2D eigenvalue weighted by Crippen LogP contribution is -2.44. The second kappa shape index (κ2) is 6.80. The minimum Gasteiger partial charge on any atom is -0.367 e. The Bertz CT molecular complexity index is 1240. The summed E-state index contributed by atoms with van der Waals surface area (Å²) in [6, 6.07) is 2.25. The predicted molar refractivity (Wildman–Crippen MR) is 120 cm³/mol. The molecule has 1 aromatic carbocycles. The van der Waals surface area contributed by atoms with Crippen molar-refractivity contribution in [3.8, 4) is 11.3 Å². The summed E-state index contributed by atoms with van der Waals surface area (Å²) >= 11 is 0. The van der Waals surface area contributed by atoms with Crippen molar-refractivity contribution in [2.75, 3.05) is 38.1 Å². The molecule has 1 fully saturated rings. The normalized spacial score (nSPS) is 17.7. The van der Waals surface area contributed by atoms with Gasteiger partial charge in [0.25, 0.3) is 0 Å². The summed E-state index contributed by atoms with van der Waals surface area (Å²) in [6.45, 7) is 6.26. The van der Waals surface area contributed by atoms with Crippen molar-refractivity contribution in [2.24, 2.45) is 0 Å². The second-order valence-corrected chi connectivity index (χ2v) is 8.77. The van der Waals surface area contributed by atoms with Crippen LogP contribution in [0.15, 0.2) is 18.5 Å². The van der Waals surface area contributed by atoms with Gasteiger partial charge in [-0.05, 0) is 56.8 Å². The van der Waals surface area contributed by atoms with E-state index in [1.807, 2.05) is 12.4 Å². The number of anilines is 1. The summed E-state index contributed by atoms with van der Waals surface area (Å²) in [4.78, 5) is 10.2. The first-order valence-electron chi connectivity index (χ1n) is 11.0. The van der Waals surface area contributed by atoms with E-state index in [1.165, 1.54) is 40.4 Å². The van der Waals surface area contributed by atoms with E-state index in [0.29, 0.717) is 0 Å². The quantitative estimate of drug-likeness (QED) is 0.538. The van der Waals surface area contributed by atoms with Gasteiger partial charge in [0.05, 0.1) is 34.8 Å². The first kappa shape index (κ1) is 17.9. The Hall–Kier alpha value is -2.93. The van der Waals surface area contributed by atoms with Gasteiger partial charge in [-0.15, -0.1) is 0 Å². The Labute approximate surface area is 175 Å². The molecule has 7 heteroatoms. The lowest BCUT2D eigenvalue weighted by Gasteiger charge is -2.35. The second-order valence-electron chi connectivity index (χ2n) is 8.77. The highest BCUT2D eigenvalue weighted by Crippen LogP contribution is 2.41. The van der Waals surface area contributed by atoms with Crippen LogP contribution in [0.1, 0.15) is 29.7 Å². The van der Waals surface area contributed by atoms with Gasteiger partial charge in [0.15, 0.2) is 0 Å². The van der Waals surface area contributed by atoms with Gasteiger partial charge in [-0.3, -0.25) is 10.2 Å². The lowest BCUT2D eigenvalue weighted by molar-refractivity contribution is 0.313. The fourth-order valence-electron chi connectivity index (χ4n) is 5.21. The van der Waals surface area contributed by atoms with E-state index in [2.05, 4.69) is 50.2 Å². The predicted octanol–water partition coefficient (Wildman–Crippen LogP) is 3.44. The number of rotatable bonds is 2. The maximum absolute atomic E-state index is 5.36. The summed E-state index contributed by atoms with van der Waals surface area (Å²) in [5, 5.41) is 17.5. The number of likely N-dealkylation sites (N-methyl/N-ethyl adjacent to an activating group) is 1. The highest BCUT2D eigenvalue weighted by molar-refractivity contribution is 6.13. The molecule has 1 aliphatic carbocycles. The Kier molecular flexibility index (Phi) is 4.06. The zero-order valence-corrected chi connectivity index (χ0v) is 17.6. The molecule has 1 aliphatic heterocycles. The number of fused-ring (bicyclic) bond motifs is 5. The van der Waals surface area contributed by atoms with Crippen LogP contribution in [0.5, 0.6) is 0 Å². The highest BCUT2D eigenvalue weighted by atomic mass is 15.3. The van der Waals surface area contributed by atoms with E-state index in [0.717, 1.165) is 67.0 Å². The number of hydrogen-bond donors (Lipinski definition) is 2. The van der Waals surface area contributed by atoms with Crippen LogP contribution in [0.2, 0.25) is 0 Å². The maximum atomic E-state index is 5.36. The fraction of sp³-hybridized carbons (Fsp3) is 0.435. The smallest absolute Gasteiger partial charge is 0.0954 e. The molecule has 4 aromatic rings. The number of aromatic amines is 2. The van der Waals surface area contributed by atoms with Crippen molar-refractivity contribution in [3.05, 3.63) is 35.3 Å². The molecule has 0 saturated carbocycles. The SMILES string of the molecule is Cc1[nH]ncc1-c1nc2c(N3CCN(C)CC3)cc3[nH]ncc3c2c2c1CCCC2. The standard InChI is InChI=1S/C23H27N7/c1-14-17(12-24-27-14)22-16-6-4-3-5-15(16)21-18-13-25-28-19(18)11-20(23(21)26-22)30-9-7-29(2)8-10-30/h11-13H,3-10H2,1-2H3,(H,24,27)(H,25,28). The van der Waals surface area contributed by atoms with Crippen molar-refractivity contribution < 1.29 is 0 Å². The molecule has 0 spiro atoms. The zero-order chi connectivity index (χ0) is 20.2. The van der Waals surface area contributed by atoms with Crippen molar-refractivity contribution in [3.63, 3.8) is 0 Å². The molecule has 0 bridgehead atoms. The van der Waals surface area contributed by atoms with Crippen LogP contribution in [0, 0.1) is 6.92 Å². The number of H-pyrrole nitrogens is 2. The van der Waals surface area contributed by atoms with Gasteiger partial charge in [-0.25, -0.2) is 4.98 Å². The first-order valence-corrected chi connectivity index (χ1v) is 11.0. The summed E-state index contributed by atoms with van der Waals surface area (Å²) in [6.07, 6.45) is 8.54. The molecule has 2 N–H and O–H groups in total. The number of aryl methyl sites for hydroxylation is 2. The summed E-state index contributed by atoms with van der Waals surface area (Å²) in [7, 11) is 2.20. The number of nitrogens with zero attached hydrogens (tertiary/aromatic N) is 5. The molecule has 3 aromatic heterocycles. The Morgan fingerprint density at radius 2 is 1.70 bits per heavy atom. The highest BCUT2D eigenvalue weighted by Gasteiger charge is 2.26. The molecule has 6 rings (SSSR count). The summed E-state index contributed by atoms with van der Waals surface area (Å²) in [5.41, 5.74) is 9.64. The summed E-state index contributed by atoms with van der Waals surface area (Å²) in [5.74, 6) is 0. The van der Waals surface area contributed by atoms with Crippen LogP contribution in [0.3, 0.4) is 0 Å².